The zero-order chi connectivity index (χ0) is 17.2. The highest BCUT2D eigenvalue weighted by Crippen LogP contribution is 2.02. The second-order valence-corrected chi connectivity index (χ2v) is 5.93. The third-order valence-corrected chi connectivity index (χ3v) is 3.79. The molecule has 1 aromatic carbocycles. The van der Waals surface area contributed by atoms with Crippen molar-refractivity contribution in [2.45, 2.75) is 40.2 Å². The van der Waals surface area contributed by atoms with Crippen LogP contribution in [0.5, 0.6) is 0 Å². The topological polar surface area (TPSA) is 54.2 Å². The molecule has 0 saturated heterocycles. The summed E-state index contributed by atoms with van der Waals surface area (Å²) in [7, 11) is 0. The highest BCUT2D eigenvalue weighted by molar-refractivity contribution is 5.79. The molecule has 24 heavy (non-hydrogen) atoms. The number of nitrogens with one attached hydrogen (secondary N) is 2. The third kappa shape index (κ3) is 6.07. The van der Waals surface area contributed by atoms with E-state index in [9.17, 15) is 0 Å². The number of aliphatic imine (C=N–C) groups is 1. The molecule has 0 unspecified atom stereocenters. The Kier molecular flexibility index (Phi) is 7.33. The molecular weight excluding hydrogens is 298 g/mol. The van der Waals surface area contributed by atoms with Crippen LogP contribution in [0.2, 0.25) is 0 Å². The fraction of sp³-hybridized carbons (Fsp3) is 0.474. The maximum atomic E-state index is 4.65. The molecule has 2 rings (SSSR count). The van der Waals surface area contributed by atoms with Gasteiger partial charge in [0.05, 0.1) is 5.69 Å². The van der Waals surface area contributed by atoms with Crippen LogP contribution < -0.4 is 10.6 Å². The lowest BCUT2D eigenvalue weighted by molar-refractivity contribution is 0.567. The minimum absolute atomic E-state index is 0.791. The molecule has 0 amide bonds. The fourth-order valence-corrected chi connectivity index (χ4v) is 2.62. The van der Waals surface area contributed by atoms with Gasteiger partial charge in [-0.15, -0.1) is 0 Å². The number of guanidine groups is 1. The minimum Gasteiger partial charge on any atom is -0.357 e. The second-order valence-electron chi connectivity index (χ2n) is 5.93. The van der Waals surface area contributed by atoms with Crippen molar-refractivity contribution in [1.29, 1.82) is 0 Å². The highest BCUT2D eigenvalue weighted by atomic mass is 15.3. The van der Waals surface area contributed by atoms with Crippen molar-refractivity contribution in [2.24, 2.45) is 4.99 Å². The number of nitrogens with zero attached hydrogens (tertiary/aromatic N) is 3. The van der Waals surface area contributed by atoms with Gasteiger partial charge in [0, 0.05) is 31.9 Å². The molecule has 0 aliphatic rings. The quantitative estimate of drug-likeness (QED) is 0.445. The average Bonchev–Trinajstić information content (AvgIpc) is 2.90. The van der Waals surface area contributed by atoms with Crippen molar-refractivity contribution in [3.63, 3.8) is 0 Å². The molecule has 0 bridgehead atoms. The summed E-state index contributed by atoms with van der Waals surface area (Å²) in [5.41, 5.74) is 3.63. The van der Waals surface area contributed by atoms with Gasteiger partial charge in [-0.25, -0.2) is 0 Å². The first-order valence-electron chi connectivity index (χ1n) is 8.76. The Morgan fingerprint density at radius 2 is 1.96 bits per heavy atom. The van der Waals surface area contributed by atoms with Crippen molar-refractivity contribution in [2.75, 3.05) is 19.6 Å². The smallest absolute Gasteiger partial charge is 0.191 e. The van der Waals surface area contributed by atoms with E-state index in [1.165, 1.54) is 11.3 Å². The lowest BCUT2D eigenvalue weighted by atomic mass is 10.1. The SMILES string of the molecule is CCNC(=NCCCn1nc(C)cc1C)NCCc1ccccc1. The molecule has 1 aromatic heterocycles. The Hall–Kier alpha value is -2.30. The van der Waals surface area contributed by atoms with E-state index in [-0.39, 0.29) is 0 Å². The van der Waals surface area contributed by atoms with Crippen LogP contribution in [0.1, 0.15) is 30.3 Å². The Bertz CT molecular complexity index is 630. The summed E-state index contributed by atoms with van der Waals surface area (Å²) in [5.74, 6) is 0.891. The van der Waals surface area contributed by atoms with Gasteiger partial charge in [0.1, 0.15) is 0 Å². The largest absolute Gasteiger partial charge is 0.357 e. The van der Waals surface area contributed by atoms with E-state index in [1.54, 1.807) is 0 Å². The van der Waals surface area contributed by atoms with Gasteiger partial charge in [0.2, 0.25) is 0 Å². The molecule has 0 atom stereocenters. The number of aromatic nitrogens is 2. The molecule has 1 heterocycles. The van der Waals surface area contributed by atoms with E-state index in [0.717, 1.165) is 50.7 Å². The molecule has 0 fully saturated rings. The summed E-state index contributed by atoms with van der Waals surface area (Å²) in [6.07, 6.45) is 1.98. The molecule has 0 saturated carbocycles. The molecule has 5 nitrogen and oxygen atoms in total. The Morgan fingerprint density at radius 1 is 1.17 bits per heavy atom. The van der Waals surface area contributed by atoms with E-state index in [4.69, 9.17) is 0 Å². The Labute approximate surface area is 145 Å². The second kappa shape index (κ2) is 9.75. The monoisotopic (exact) mass is 327 g/mol. The lowest BCUT2D eigenvalue weighted by Gasteiger charge is -2.11. The van der Waals surface area contributed by atoms with Gasteiger partial charge >= 0.3 is 0 Å². The number of aryl methyl sites for hydroxylation is 3. The first-order chi connectivity index (χ1) is 11.7. The van der Waals surface area contributed by atoms with Crippen LogP contribution in [0.15, 0.2) is 41.4 Å². The number of benzene rings is 1. The highest BCUT2D eigenvalue weighted by Gasteiger charge is 2.01. The molecule has 130 valence electrons. The lowest BCUT2D eigenvalue weighted by Crippen LogP contribution is -2.38. The summed E-state index contributed by atoms with van der Waals surface area (Å²) in [5, 5.41) is 11.2. The van der Waals surface area contributed by atoms with Crippen molar-refractivity contribution < 1.29 is 0 Å². The van der Waals surface area contributed by atoms with E-state index in [1.807, 2.05) is 13.0 Å². The zero-order valence-electron chi connectivity index (χ0n) is 15.0. The minimum atomic E-state index is 0.791. The van der Waals surface area contributed by atoms with E-state index in [2.05, 4.69) is 69.6 Å². The predicted molar refractivity (Wildman–Crippen MR) is 100 cm³/mol. The molecule has 0 radical (unpaired) electrons. The van der Waals surface area contributed by atoms with Gasteiger partial charge in [0.25, 0.3) is 0 Å². The number of hydrogen-bond donors (Lipinski definition) is 2. The van der Waals surface area contributed by atoms with Gasteiger partial charge in [-0.1, -0.05) is 30.3 Å². The van der Waals surface area contributed by atoms with Gasteiger partial charge in [-0.05, 0) is 45.2 Å². The molecule has 2 N–H and O–H groups in total. The van der Waals surface area contributed by atoms with E-state index >= 15 is 0 Å². The first-order valence-corrected chi connectivity index (χ1v) is 8.76. The van der Waals surface area contributed by atoms with E-state index in [0.29, 0.717) is 0 Å². The number of rotatable bonds is 8. The third-order valence-electron chi connectivity index (χ3n) is 3.79. The summed E-state index contributed by atoms with van der Waals surface area (Å²) in [4.78, 5) is 4.65. The zero-order valence-corrected chi connectivity index (χ0v) is 15.0. The van der Waals surface area contributed by atoms with Crippen molar-refractivity contribution in [1.82, 2.24) is 20.4 Å². The van der Waals surface area contributed by atoms with Crippen LogP contribution in [-0.2, 0) is 13.0 Å². The average molecular weight is 327 g/mol. The van der Waals surface area contributed by atoms with Crippen molar-refractivity contribution in [3.05, 3.63) is 53.3 Å². The van der Waals surface area contributed by atoms with E-state index < -0.39 is 0 Å². The van der Waals surface area contributed by atoms with Gasteiger partial charge in [-0.2, -0.15) is 5.10 Å². The molecule has 5 heteroatoms. The molecule has 0 spiro atoms. The summed E-state index contributed by atoms with van der Waals surface area (Å²) < 4.78 is 2.06. The maximum absolute atomic E-state index is 4.65. The van der Waals surface area contributed by atoms with Crippen LogP contribution in [0, 0.1) is 13.8 Å². The standard InChI is InChI=1S/C19H29N5/c1-4-20-19(22-13-11-18-9-6-5-7-10-18)21-12-8-14-24-17(3)15-16(2)23-24/h5-7,9-10,15H,4,8,11-14H2,1-3H3,(H2,20,21,22). The van der Waals surface area contributed by atoms with Crippen LogP contribution >= 0.6 is 0 Å². The van der Waals surface area contributed by atoms with Crippen LogP contribution in [0.3, 0.4) is 0 Å². The van der Waals surface area contributed by atoms with Crippen LogP contribution in [0.25, 0.3) is 0 Å². The van der Waals surface area contributed by atoms with Crippen LogP contribution in [-0.4, -0.2) is 35.4 Å². The van der Waals surface area contributed by atoms with Crippen LogP contribution in [0.4, 0.5) is 0 Å². The van der Waals surface area contributed by atoms with Crippen molar-refractivity contribution in [3.8, 4) is 0 Å². The van der Waals surface area contributed by atoms with Gasteiger partial charge in [0.15, 0.2) is 5.96 Å². The summed E-state index contributed by atoms with van der Waals surface area (Å²) in [6.45, 7) is 9.66. The van der Waals surface area contributed by atoms with Gasteiger partial charge in [-0.3, -0.25) is 9.67 Å². The molecular formula is C19H29N5. The van der Waals surface area contributed by atoms with Gasteiger partial charge < -0.3 is 10.6 Å². The number of hydrogen-bond acceptors (Lipinski definition) is 2. The Morgan fingerprint density at radius 3 is 2.62 bits per heavy atom. The fourth-order valence-electron chi connectivity index (χ4n) is 2.62. The summed E-state index contributed by atoms with van der Waals surface area (Å²) >= 11 is 0. The summed E-state index contributed by atoms with van der Waals surface area (Å²) in [6, 6.07) is 12.6. The predicted octanol–water partition coefficient (Wildman–Crippen LogP) is 2.69. The first kappa shape index (κ1) is 18.0. The molecule has 0 aliphatic heterocycles. The maximum Gasteiger partial charge on any atom is 0.191 e. The van der Waals surface area contributed by atoms with Crippen molar-refractivity contribution >= 4 is 5.96 Å². The molecule has 2 aromatic rings. The normalized spacial score (nSPS) is 11.5. The molecule has 0 aliphatic carbocycles. The Balaban J connectivity index is 1.74.